The molecule has 0 radical (unpaired) electrons. The molecule has 0 unspecified atom stereocenters. The van der Waals surface area contributed by atoms with E-state index in [1.165, 1.54) is 0 Å². The Hall–Kier alpha value is -2.74. The predicted molar refractivity (Wildman–Crippen MR) is 99.7 cm³/mol. The van der Waals surface area contributed by atoms with Crippen molar-refractivity contribution in [3.8, 4) is 17.2 Å². The fourth-order valence-corrected chi connectivity index (χ4v) is 3.02. The monoisotopic (exact) mass is 359 g/mol. The van der Waals surface area contributed by atoms with Crippen molar-refractivity contribution in [2.45, 2.75) is 25.4 Å². The summed E-state index contributed by atoms with van der Waals surface area (Å²) < 4.78 is 17.3. The molecule has 1 aliphatic rings. The van der Waals surface area contributed by atoms with E-state index in [1.54, 1.807) is 20.4 Å². The zero-order chi connectivity index (χ0) is 18.5. The fraction of sp³-hybridized carbons (Fsp3) is 0.444. The first-order chi connectivity index (χ1) is 12.6. The van der Waals surface area contributed by atoms with E-state index < -0.39 is 0 Å². The summed E-state index contributed by atoms with van der Waals surface area (Å²) in [5, 5.41) is 3.33. The Balaban J connectivity index is 1.87. The number of ether oxygens (including phenoxy) is 3. The van der Waals surface area contributed by atoms with Crippen LogP contribution in [0.2, 0.25) is 0 Å². The van der Waals surface area contributed by atoms with Gasteiger partial charge in [-0.2, -0.15) is 4.98 Å². The van der Waals surface area contributed by atoms with Crippen LogP contribution in [-0.2, 0) is 6.42 Å². The Kier molecular flexibility index (Phi) is 5.62. The van der Waals surface area contributed by atoms with Gasteiger partial charge in [-0.25, -0.2) is 4.98 Å². The number of benzene rings is 1. The SMILES string of the molecule is COc1cc(Cc2cnc(N)nc2N)cc(OC)c1OC1CCNCC1. The molecule has 1 saturated heterocycles. The van der Waals surface area contributed by atoms with Gasteiger partial charge in [0.15, 0.2) is 11.5 Å². The molecule has 2 aromatic rings. The minimum absolute atomic E-state index is 0.144. The molecule has 1 fully saturated rings. The van der Waals surface area contributed by atoms with Crippen LogP contribution in [0.1, 0.15) is 24.0 Å². The Morgan fingerprint density at radius 3 is 2.35 bits per heavy atom. The molecule has 0 atom stereocenters. The molecule has 2 heterocycles. The van der Waals surface area contributed by atoms with E-state index in [2.05, 4.69) is 15.3 Å². The maximum atomic E-state index is 6.19. The summed E-state index contributed by atoms with van der Waals surface area (Å²) in [4.78, 5) is 8.01. The van der Waals surface area contributed by atoms with Crippen molar-refractivity contribution in [3.05, 3.63) is 29.5 Å². The average Bonchev–Trinajstić information content (AvgIpc) is 2.65. The second-order valence-corrected chi connectivity index (χ2v) is 6.21. The van der Waals surface area contributed by atoms with Gasteiger partial charge >= 0.3 is 0 Å². The minimum atomic E-state index is 0.144. The summed E-state index contributed by atoms with van der Waals surface area (Å²) in [6.45, 7) is 1.90. The van der Waals surface area contributed by atoms with Gasteiger partial charge in [0.2, 0.25) is 11.7 Å². The van der Waals surface area contributed by atoms with Gasteiger partial charge in [-0.15, -0.1) is 0 Å². The van der Waals surface area contributed by atoms with Crippen molar-refractivity contribution in [2.24, 2.45) is 0 Å². The maximum absolute atomic E-state index is 6.19. The lowest BCUT2D eigenvalue weighted by Gasteiger charge is -2.26. The van der Waals surface area contributed by atoms with Crippen molar-refractivity contribution >= 4 is 11.8 Å². The van der Waals surface area contributed by atoms with Crippen LogP contribution >= 0.6 is 0 Å². The topological polar surface area (TPSA) is 118 Å². The first kappa shape index (κ1) is 18.1. The zero-order valence-electron chi connectivity index (χ0n) is 15.1. The molecule has 0 bridgehead atoms. The molecule has 0 aliphatic carbocycles. The molecule has 0 spiro atoms. The number of nitrogens with two attached hydrogens (primary N) is 2. The Morgan fingerprint density at radius 2 is 1.77 bits per heavy atom. The molecule has 1 aliphatic heterocycles. The normalized spacial score (nSPS) is 14.8. The third-order valence-electron chi connectivity index (χ3n) is 4.40. The molecule has 140 valence electrons. The van der Waals surface area contributed by atoms with E-state index in [0.29, 0.717) is 29.5 Å². The number of aromatic nitrogens is 2. The summed E-state index contributed by atoms with van der Waals surface area (Å²) in [5.74, 6) is 2.42. The lowest BCUT2D eigenvalue weighted by Crippen LogP contribution is -2.34. The van der Waals surface area contributed by atoms with Gasteiger partial charge in [-0.1, -0.05) is 0 Å². The zero-order valence-corrected chi connectivity index (χ0v) is 15.1. The van der Waals surface area contributed by atoms with Crippen LogP contribution in [0.15, 0.2) is 18.3 Å². The van der Waals surface area contributed by atoms with E-state index in [0.717, 1.165) is 37.1 Å². The van der Waals surface area contributed by atoms with E-state index in [-0.39, 0.29) is 12.1 Å². The average molecular weight is 359 g/mol. The van der Waals surface area contributed by atoms with Gasteiger partial charge in [-0.3, -0.25) is 0 Å². The van der Waals surface area contributed by atoms with Gasteiger partial charge in [0.1, 0.15) is 11.9 Å². The lowest BCUT2D eigenvalue weighted by molar-refractivity contribution is 0.150. The van der Waals surface area contributed by atoms with Crippen molar-refractivity contribution in [2.75, 3.05) is 38.8 Å². The van der Waals surface area contributed by atoms with Gasteiger partial charge in [0, 0.05) is 18.2 Å². The summed E-state index contributed by atoms with van der Waals surface area (Å²) in [7, 11) is 3.24. The number of methoxy groups -OCH3 is 2. The van der Waals surface area contributed by atoms with E-state index in [9.17, 15) is 0 Å². The second kappa shape index (κ2) is 8.09. The van der Waals surface area contributed by atoms with Crippen LogP contribution in [0.4, 0.5) is 11.8 Å². The molecule has 1 aromatic heterocycles. The van der Waals surface area contributed by atoms with Crippen molar-refractivity contribution in [1.29, 1.82) is 0 Å². The molecule has 8 nitrogen and oxygen atoms in total. The van der Waals surface area contributed by atoms with Crippen LogP contribution in [0, 0.1) is 0 Å². The number of nitrogens with zero attached hydrogens (tertiary/aromatic N) is 2. The largest absolute Gasteiger partial charge is 0.493 e. The highest BCUT2D eigenvalue weighted by molar-refractivity contribution is 5.55. The molecular weight excluding hydrogens is 334 g/mol. The van der Waals surface area contributed by atoms with E-state index >= 15 is 0 Å². The van der Waals surface area contributed by atoms with Gasteiger partial charge < -0.3 is 31.0 Å². The van der Waals surface area contributed by atoms with Crippen LogP contribution in [0.25, 0.3) is 0 Å². The smallest absolute Gasteiger partial charge is 0.221 e. The van der Waals surface area contributed by atoms with E-state index in [1.807, 2.05) is 12.1 Å². The van der Waals surface area contributed by atoms with Gasteiger partial charge in [0.25, 0.3) is 0 Å². The number of nitrogen functional groups attached to an aromatic ring is 2. The first-order valence-corrected chi connectivity index (χ1v) is 8.60. The van der Waals surface area contributed by atoms with Gasteiger partial charge in [0.05, 0.1) is 14.2 Å². The Bertz CT molecular complexity index is 737. The Morgan fingerprint density at radius 1 is 1.12 bits per heavy atom. The maximum Gasteiger partial charge on any atom is 0.221 e. The molecule has 8 heteroatoms. The highest BCUT2D eigenvalue weighted by Gasteiger charge is 2.21. The first-order valence-electron chi connectivity index (χ1n) is 8.60. The van der Waals surface area contributed by atoms with Crippen LogP contribution in [0.5, 0.6) is 17.2 Å². The minimum Gasteiger partial charge on any atom is -0.493 e. The summed E-state index contributed by atoms with van der Waals surface area (Å²) >= 11 is 0. The quantitative estimate of drug-likeness (QED) is 0.708. The fourth-order valence-electron chi connectivity index (χ4n) is 3.02. The molecule has 0 amide bonds. The number of hydrogen-bond donors (Lipinski definition) is 3. The van der Waals surface area contributed by atoms with Gasteiger partial charge in [-0.05, 0) is 43.6 Å². The lowest BCUT2D eigenvalue weighted by atomic mass is 10.0. The number of piperidine rings is 1. The van der Waals surface area contributed by atoms with Crippen LogP contribution in [0.3, 0.4) is 0 Å². The van der Waals surface area contributed by atoms with Crippen molar-refractivity contribution in [1.82, 2.24) is 15.3 Å². The van der Waals surface area contributed by atoms with Crippen LogP contribution < -0.4 is 31.0 Å². The van der Waals surface area contributed by atoms with E-state index in [4.69, 9.17) is 25.7 Å². The summed E-state index contributed by atoms with van der Waals surface area (Å²) in [6, 6.07) is 3.85. The molecule has 5 N–H and O–H groups in total. The standard InChI is InChI=1S/C18H25N5O3/c1-24-14-8-11(7-12-10-22-18(20)23-17(12)19)9-15(25-2)16(14)26-13-3-5-21-6-4-13/h8-10,13,21H,3-7H2,1-2H3,(H4,19,20,22,23). The molecule has 0 saturated carbocycles. The number of hydrogen-bond acceptors (Lipinski definition) is 8. The third kappa shape index (κ3) is 4.08. The predicted octanol–water partition coefficient (Wildman–Crippen LogP) is 1.38. The highest BCUT2D eigenvalue weighted by atomic mass is 16.5. The summed E-state index contributed by atoms with van der Waals surface area (Å²) in [6.07, 6.45) is 4.22. The molecule has 1 aromatic carbocycles. The number of anilines is 2. The highest BCUT2D eigenvalue weighted by Crippen LogP contribution is 2.40. The second-order valence-electron chi connectivity index (χ2n) is 6.21. The number of nitrogens with one attached hydrogen (secondary N) is 1. The Labute approximate surface area is 152 Å². The number of rotatable bonds is 6. The summed E-state index contributed by atoms with van der Waals surface area (Å²) in [5.41, 5.74) is 13.2. The molecule has 26 heavy (non-hydrogen) atoms. The molecular formula is C18H25N5O3. The molecule has 3 rings (SSSR count). The van der Waals surface area contributed by atoms with Crippen molar-refractivity contribution < 1.29 is 14.2 Å². The third-order valence-corrected chi connectivity index (χ3v) is 4.40. The van der Waals surface area contributed by atoms with Crippen LogP contribution in [-0.4, -0.2) is 43.4 Å². The van der Waals surface area contributed by atoms with Crippen molar-refractivity contribution in [3.63, 3.8) is 0 Å².